The molecule has 0 aromatic heterocycles. The zero-order valence-electron chi connectivity index (χ0n) is 12.6. The van der Waals surface area contributed by atoms with Gasteiger partial charge in [-0.1, -0.05) is 29.8 Å². The van der Waals surface area contributed by atoms with Crippen molar-refractivity contribution in [2.75, 3.05) is 13.1 Å². The molecular weight excluding hydrogens is 290 g/mol. The number of hydrogen-bond donors (Lipinski definition) is 2. The van der Waals surface area contributed by atoms with E-state index in [1.165, 1.54) is 6.92 Å². The van der Waals surface area contributed by atoms with E-state index in [-0.39, 0.29) is 18.0 Å². The molecule has 1 rings (SSSR count). The van der Waals surface area contributed by atoms with Crippen LogP contribution in [0, 0.1) is 0 Å². The van der Waals surface area contributed by atoms with E-state index in [0.29, 0.717) is 24.7 Å². The summed E-state index contributed by atoms with van der Waals surface area (Å²) in [7, 11) is 0. The lowest BCUT2D eigenvalue weighted by Crippen LogP contribution is -2.43. The number of amides is 3. The van der Waals surface area contributed by atoms with Crippen molar-refractivity contribution in [3.05, 3.63) is 34.9 Å². The van der Waals surface area contributed by atoms with Crippen molar-refractivity contribution in [3.63, 3.8) is 0 Å². The summed E-state index contributed by atoms with van der Waals surface area (Å²) >= 11 is 6.10. The highest BCUT2D eigenvalue weighted by molar-refractivity contribution is 6.31. The summed E-state index contributed by atoms with van der Waals surface area (Å²) in [6, 6.07) is 7.26. The minimum Gasteiger partial charge on any atom is -0.337 e. The zero-order valence-corrected chi connectivity index (χ0v) is 13.4. The minimum atomic E-state index is -0.230. The number of benzene rings is 1. The van der Waals surface area contributed by atoms with E-state index in [2.05, 4.69) is 10.6 Å². The molecule has 0 atom stereocenters. The molecule has 0 aliphatic carbocycles. The summed E-state index contributed by atoms with van der Waals surface area (Å²) in [6.45, 7) is 6.54. The lowest BCUT2D eigenvalue weighted by Gasteiger charge is -2.22. The first-order chi connectivity index (χ1) is 9.90. The number of carbonyl (C=O) groups excluding carboxylic acids is 2. The van der Waals surface area contributed by atoms with Crippen molar-refractivity contribution in [1.29, 1.82) is 0 Å². The maximum Gasteiger partial charge on any atom is 0.315 e. The average molecular weight is 312 g/mol. The van der Waals surface area contributed by atoms with Crippen molar-refractivity contribution in [1.82, 2.24) is 15.5 Å². The van der Waals surface area contributed by atoms with Crippen LogP contribution in [0.5, 0.6) is 0 Å². The molecule has 0 radical (unpaired) electrons. The molecule has 0 saturated carbocycles. The van der Waals surface area contributed by atoms with E-state index in [1.54, 1.807) is 11.0 Å². The molecule has 0 saturated heterocycles. The van der Waals surface area contributed by atoms with Crippen LogP contribution in [0.15, 0.2) is 24.3 Å². The number of rotatable bonds is 6. The van der Waals surface area contributed by atoms with E-state index in [9.17, 15) is 9.59 Å². The molecule has 3 amide bonds. The fourth-order valence-electron chi connectivity index (χ4n) is 1.80. The van der Waals surface area contributed by atoms with Crippen LogP contribution in [0.2, 0.25) is 5.02 Å². The molecule has 0 aliphatic rings. The summed E-state index contributed by atoms with van der Waals surface area (Å²) < 4.78 is 0. The molecule has 21 heavy (non-hydrogen) atoms. The Morgan fingerprint density at radius 3 is 2.52 bits per heavy atom. The molecule has 0 bridgehead atoms. The number of hydrogen-bond acceptors (Lipinski definition) is 2. The first kappa shape index (κ1) is 17.3. The van der Waals surface area contributed by atoms with Gasteiger partial charge in [-0.3, -0.25) is 4.79 Å². The largest absolute Gasteiger partial charge is 0.337 e. The topological polar surface area (TPSA) is 61.4 Å². The van der Waals surface area contributed by atoms with Gasteiger partial charge < -0.3 is 15.5 Å². The summed E-state index contributed by atoms with van der Waals surface area (Å²) in [5, 5.41) is 6.09. The first-order valence-electron chi connectivity index (χ1n) is 6.93. The number of urea groups is 1. The Hall–Kier alpha value is -1.75. The monoisotopic (exact) mass is 311 g/mol. The number of carbonyl (C=O) groups is 2. The maximum absolute atomic E-state index is 11.7. The molecular formula is C15H22ClN3O2. The second-order valence-corrected chi connectivity index (χ2v) is 5.49. The van der Waals surface area contributed by atoms with Crippen molar-refractivity contribution in [3.8, 4) is 0 Å². The van der Waals surface area contributed by atoms with E-state index < -0.39 is 0 Å². The van der Waals surface area contributed by atoms with Gasteiger partial charge in [0.05, 0.1) is 0 Å². The van der Waals surface area contributed by atoms with Crippen molar-refractivity contribution in [2.24, 2.45) is 0 Å². The number of nitrogens with one attached hydrogen (secondary N) is 2. The van der Waals surface area contributed by atoms with Gasteiger partial charge in [-0.15, -0.1) is 0 Å². The summed E-state index contributed by atoms with van der Waals surface area (Å²) in [5.74, 6) is -0.0546. The highest BCUT2D eigenvalue weighted by Crippen LogP contribution is 2.16. The van der Waals surface area contributed by atoms with Gasteiger partial charge in [-0.2, -0.15) is 0 Å². The third-order valence-corrected chi connectivity index (χ3v) is 3.22. The number of nitrogens with zero attached hydrogens (tertiary/aromatic N) is 1. The van der Waals surface area contributed by atoms with Crippen LogP contribution in [0.25, 0.3) is 0 Å². The van der Waals surface area contributed by atoms with Crippen LogP contribution in [0.1, 0.15) is 26.3 Å². The van der Waals surface area contributed by atoms with Gasteiger partial charge in [0, 0.05) is 37.6 Å². The highest BCUT2D eigenvalue weighted by Gasteiger charge is 2.11. The van der Waals surface area contributed by atoms with E-state index >= 15 is 0 Å². The number of halogens is 1. The Morgan fingerprint density at radius 1 is 1.29 bits per heavy atom. The van der Waals surface area contributed by atoms with Crippen molar-refractivity contribution < 1.29 is 9.59 Å². The molecule has 0 unspecified atom stereocenters. The van der Waals surface area contributed by atoms with Gasteiger partial charge >= 0.3 is 6.03 Å². The lowest BCUT2D eigenvalue weighted by atomic mass is 10.2. The minimum absolute atomic E-state index is 0.0546. The van der Waals surface area contributed by atoms with Crippen molar-refractivity contribution in [2.45, 2.75) is 33.4 Å². The van der Waals surface area contributed by atoms with Gasteiger partial charge in [0.1, 0.15) is 0 Å². The average Bonchev–Trinajstić information content (AvgIpc) is 2.38. The predicted octanol–water partition coefficient (Wildman–Crippen LogP) is 2.40. The summed E-state index contributed by atoms with van der Waals surface area (Å²) in [4.78, 5) is 24.8. The molecule has 6 heteroatoms. The fourth-order valence-corrected chi connectivity index (χ4v) is 1.99. The standard InChI is InChI=1S/C15H22ClN3O2/c1-11(2)18-15(21)17-8-9-19(12(3)20)10-13-6-4-5-7-14(13)16/h4-7,11H,8-10H2,1-3H3,(H2,17,18,21). The third-order valence-electron chi connectivity index (χ3n) is 2.85. The Balaban J connectivity index is 2.50. The van der Waals surface area contributed by atoms with E-state index in [4.69, 9.17) is 11.6 Å². The van der Waals surface area contributed by atoms with Crippen LogP contribution in [0.3, 0.4) is 0 Å². The van der Waals surface area contributed by atoms with Gasteiger partial charge in [0.15, 0.2) is 0 Å². The second-order valence-electron chi connectivity index (χ2n) is 5.09. The molecule has 0 fully saturated rings. The van der Waals surface area contributed by atoms with Crippen LogP contribution >= 0.6 is 11.6 Å². The normalized spacial score (nSPS) is 10.3. The second kappa shape index (κ2) is 8.52. The third kappa shape index (κ3) is 6.49. The van der Waals surface area contributed by atoms with Crippen LogP contribution < -0.4 is 10.6 Å². The molecule has 5 nitrogen and oxygen atoms in total. The highest BCUT2D eigenvalue weighted by atomic mass is 35.5. The first-order valence-corrected chi connectivity index (χ1v) is 7.31. The van der Waals surface area contributed by atoms with Crippen LogP contribution in [0.4, 0.5) is 4.79 Å². The molecule has 0 heterocycles. The maximum atomic E-state index is 11.7. The van der Waals surface area contributed by atoms with Gasteiger partial charge in [-0.25, -0.2) is 4.79 Å². The Labute approximate surface area is 130 Å². The van der Waals surface area contributed by atoms with Gasteiger partial charge in [0.2, 0.25) is 5.91 Å². The zero-order chi connectivity index (χ0) is 15.8. The molecule has 2 N–H and O–H groups in total. The van der Waals surface area contributed by atoms with Gasteiger partial charge in [0.25, 0.3) is 0 Å². The van der Waals surface area contributed by atoms with E-state index in [0.717, 1.165) is 5.56 Å². The Bertz CT molecular complexity index is 492. The SMILES string of the molecule is CC(=O)N(CCNC(=O)NC(C)C)Cc1ccccc1Cl. The van der Waals surface area contributed by atoms with Crippen LogP contribution in [-0.4, -0.2) is 36.0 Å². The molecule has 0 aliphatic heterocycles. The predicted molar refractivity (Wildman–Crippen MR) is 84.2 cm³/mol. The van der Waals surface area contributed by atoms with Crippen LogP contribution in [-0.2, 0) is 11.3 Å². The Kier molecular flexibility index (Phi) is 7.02. The molecule has 1 aromatic rings. The quantitative estimate of drug-likeness (QED) is 0.847. The summed E-state index contributed by atoms with van der Waals surface area (Å²) in [6.07, 6.45) is 0. The molecule has 116 valence electrons. The smallest absolute Gasteiger partial charge is 0.315 e. The van der Waals surface area contributed by atoms with E-state index in [1.807, 2.05) is 32.0 Å². The summed E-state index contributed by atoms with van der Waals surface area (Å²) in [5.41, 5.74) is 0.890. The Morgan fingerprint density at radius 2 is 1.95 bits per heavy atom. The molecule has 1 aromatic carbocycles. The van der Waals surface area contributed by atoms with Gasteiger partial charge in [-0.05, 0) is 25.5 Å². The van der Waals surface area contributed by atoms with Crippen molar-refractivity contribution >= 4 is 23.5 Å². The fraction of sp³-hybridized carbons (Fsp3) is 0.467. The lowest BCUT2D eigenvalue weighted by molar-refractivity contribution is -0.129. The molecule has 0 spiro atoms.